The molecule has 0 saturated heterocycles. The van der Waals surface area contributed by atoms with E-state index in [0.717, 1.165) is 18.2 Å². The molecule has 1 rings (SSSR count). The van der Waals surface area contributed by atoms with Crippen LogP contribution in [0, 0.1) is 0 Å². The lowest BCUT2D eigenvalue weighted by Crippen LogP contribution is -2.12. The number of carboxylic acid groups (broad SMARTS) is 2. The molecular weight excluding hydrogens is 331 g/mol. The first-order chi connectivity index (χ1) is 7.25. The Balaban J connectivity index is 0. The van der Waals surface area contributed by atoms with E-state index >= 15 is 0 Å². The van der Waals surface area contributed by atoms with Crippen molar-refractivity contribution in [1.82, 2.24) is 0 Å². The minimum absolute atomic E-state index is 0. The molecule has 102 valence electrons. The Morgan fingerprint density at radius 1 is 1.06 bits per heavy atom. The van der Waals surface area contributed by atoms with Crippen LogP contribution in [0.25, 0.3) is 0 Å². The molecule has 1 aromatic rings. The van der Waals surface area contributed by atoms with Gasteiger partial charge in [0.05, 0.1) is 16.0 Å². The molecule has 0 saturated carbocycles. The highest BCUT2D eigenvalue weighted by molar-refractivity contribution is 8.13. The average Bonchev–Trinajstić information content (AvgIpc) is 2.14. The lowest BCUT2D eigenvalue weighted by molar-refractivity contribution is 0.0648. The van der Waals surface area contributed by atoms with Crippen LogP contribution < -0.4 is 0 Å². The standard InChI is InChI=1S/C8H5ClO6S.2ClH/c9-16(14,15)5-3-1-2-4(7(10)11)6(5)8(12)13;;/h1-3H,(H,10,11)(H,12,13);2*1H. The lowest BCUT2D eigenvalue weighted by Gasteiger charge is -2.05. The summed E-state index contributed by atoms with van der Waals surface area (Å²) in [4.78, 5) is 20.8. The summed E-state index contributed by atoms with van der Waals surface area (Å²) in [6.45, 7) is 0. The van der Waals surface area contributed by atoms with Crippen LogP contribution in [0.3, 0.4) is 0 Å². The second kappa shape index (κ2) is 6.79. The van der Waals surface area contributed by atoms with Gasteiger partial charge in [-0.2, -0.15) is 0 Å². The summed E-state index contributed by atoms with van der Waals surface area (Å²) in [6.07, 6.45) is 0. The van der Waals surface area contributed by atoms with E-state index in [9.17, 15) is 18.0 Å². The third kappa shape index (κ3) is 4.02. The third-order valence-electron chi connectivity index (χ3n) is 1.73. The Bertz CT molecular complexity index is 568. The van der Waals surface area contributed by atoms with Crippen LogP contribution in [0.2, 0.25) is 0 Å². The van der Waals surface area contributed by atoms with Crippen molar-refractivity contribution < 1.29 is 28.2 Å². The number of carbonyl (C=O) groups is 2. The van der Waals surface area contributed by atoms with Gasteiger partial charge in [-0.1, -0.05) is 6.07 Å². The van der Waals surface area contributed by atoms with Crippen molar-refractivity contribution in [3.63, 3.8) is 0 Å². The Morgan fingerprint density at radius 3 is 1.89 bits per heavy atom. The quantitative estimate of drug-likeness (QED) is 0.815. The summed E-state index contributed by atoms with van der Waals surface area (Å²) in [5, 5.41) is 17.5. The van der Waals surface area contributed by atoms with Crippen molar-refractivity contribution in [3.8, 4) is 0 Å². The van der Waals surface area contributed by atoms with Crippen LogP contribution in [0.5, 0.6) is 0 Å². The van der Waals surface area contributed by atoms with Crippen LogP contribution in [0.15, 0.2) is 23.1 Å². The predicted molar refractivity (Wildman–Crippen MR) is 67.9 cm³/mol. The largest absolute Gasteiger partial charge is 0.478 e. The van der Waals surface area contributed by atoms with Crippen molar-refractivity contribution in [2.75, 3.05) is 0 Å². The van der Waals surface area contributed by atoms with Gasteiger partial charge in [-0.25, -0.2) is 18.0 Å². The number of hydrogen-bond acceptors (Lipinski definition) is 4. The van der Waals surface area contributed by atoms with E-state index in [-0.39, 0.29) is 24.8 Å². The van der Waals surface area contributed by atoms with E-state index in [1.165, 1.54) is 0 Å². The zero-order valence-electron chi connectivity index (χ0n) is 8.36. The number of benzene rings is 1. The summed E-state index contributed by atoms with van der Waals surface area (Å²) >= 11 is 0. The van der Waals surface area contributed by atoms with E-state index in [1.807, 2.05) is 0 Å². The van der Waals surface area contributed by atoms with E-state index in [1.54, 1.807) is 0 Å². The molecule has 0 spiro atoms. The van der Waals surface area contributed by atoms with Crippen LogP contribution >= 0.6 is 35.5 Å². The Morgan fingerprint density at radius 2 is 1.56 bits per heavy atom. The van der Waals surface area contributed by atoms with Gasteiger partial charge in [-0.15, -0.1) is 24.8 Å². The molecule has 6 nitrogen and oxygen atoms in total. The van der Waals surface area contributed by atoms with E-state index in [2.05, 4.69) is 0 Å². The minimum Gasteiger partial charge on any atom is -0.478 e. The zero-order valence-corrected chi connectivity index (χ0v) is 11.6. The molecule has 0 heterocycles. The van der Waals surface area contributed by atoms with Gasteiger partial charge in [0, 0.05) is 10.7 Å². The SMILES string of the molecule is Cl.Cl.O=C(O)c1cccc(S(=O)(=O)Cl)c1C(=O)O. The second-order valence-corrected chi connectivity index (χ2v) is 5.26. The normalized spacial score (nSPS) is 9.83. The number of hydrogen-bond donors (Lipinski definition) is 2. The summed E-state index contributed by atoms with van der Waals surface area (Å²) in [5.74, 6) is -3.21. The first-order valence-corrected chi connectivity index (χ1v) is 6.10. The predicted octanol–water partition coefficient (Wildman–Crippen LogP) is 1.85. The highest BCUT2D eigenvalue weighted by atomic mass is 35.7. The number of halogens is 3. The van der Waals surface area contributed by atoms with Crippen molar-refractivity contribution in [2.24, 2.45) is 0 Å². The van der Waals surface area contributed by atoms with Crippen molar-refractivity contribution in [1.29, 1.82) is 0 Å². The van der Waals surface area contributed by atoms with Crippen molar-refractivity contribution in [3.05, 3.63) is 29.3 Å². The number of carboxylic acids is 2. The van der Waals surface area contributed by atoms with Crippen LogP contribution in [0.1, 0.15) is 20.7 Å². The average molecular weight is 338 g/mol. The summed E-state index contributed by atoms with van der Waals surface area (Å²) in [5.41, 5.74) is -1.47. The van der Waals surface area contributed by atoms with E-state index in [0.29, 0.717) is 0 Å². The van der Waals surface area contributed by atoms with Crippen molar-refractivity contribution >= 4 is 56.5 Å². The molecule has 2 N–H and O–H groups in total. The van der Waals surface area contributed by atoms with Crippen LogP contribution in [0.4, 0.5) is 0 Å². The first kappa shape index (κ1) is 19.3. The monoisotopic (exact) mass is 336 g/mol. The zero-order chi connectivity index (χ0) is 12.5. The molecule has 0 atom stereocenters. The fourth-order valence-electron chi connectivity index (χ4n) is 1.13. The Labute approximate surface area is 119 Å². The molecule has 0 aliphatic rings. The number of aromatic carboxylic acids is 2. The van der Waals surface area contributed by atoms with Crippen LogP contribution in [-0.2, 0) is 9.05 Å². The smallest absolute Gasteiger partial charge is 0.337 e. The Kier molecular flexibility index (Phi) is 7.29. The van der Waals surface area contributed by atoms with Gasteiger partial charge in [0.1, 0.15) is 0 Å². The molecule has 0 unspecified atom stereocenters. The van der Waals surface area contributed by atoms with Gasteiger partial charge in [0.2, 0.25) is 0 Å². The molecule has 0 fully saturated rings. The maximum atomic E-state index is 11.0. The maximum absolute atomic E-state index is 11.0. The molecule has 1 aromatic carbocycles. The molecular formula is C8H7Cl3O6S. The molecule has 0 radical (unpaired) electrons. The Hall–Kier alpha value is -1.02. The van der Waals surface area contributed by atoms with Gasteiger partial charge >= 0.3 is 11.9 Å². The third-order valence-corrected chi connectivity index (χ3v) is 3.10. The first-order valence-electron chi connectivity index (χ1n) is 3.79. The molecule has 0 aromatic heterocycles. The summed E-state index contributed by atoms with van der Waals surface area (Å²) in [6, 6.07) is 3.01. The molecule has 0 bridgehead atoms. The van der Waals surface area contributed by atoms with Crippen molar-refractivity contribution in [2.45, 2.75) is 4.90 Å². The highest BCUT2D eigenvalue weighted by Crippen LogP contribution is 2.23. The fraction of sp³-hybridized carbons (Fsp3) is 0. The number of rotatable bonds is 3. The fourth-order valence-corrected chi connectivity index (χ4v) is 2.20. The molecule has 0 aliphatic carbocycles. The lowest BCUT2D eigenvalue weighted by atomic mass is 10.1. The minimum atomic E-state index is -4.31. The van der Waals surface area contributed by atoms with E-state index in [4.69, 9.17) is 20.9 Å². The van der Waals surface area contributed by atoms with E-state index < -0.39 is 37.0 Å². The maximum Gasteiger partial charge on any atom is 0.337 e. The van der Waals surface area contributed by atoms with Gasteiger partial charge < -0.3 is 10.2 Å². The summed E-state index contributed by atoms with van der Waals surface area (Å²) in [7, 11) is 0.694. The summed E-state index contributed by atoms with van der Waals surface area (Å²) < 4.78 is 22.1. The van der Waals surface area contributed by atoms with Gasteiger partial charge in [-0.3, -0.25) is 0 Å². The second-order valence-electron chi connectivity index (χ2n) is 2.73. The van der Waals surface area contributed by atoms with Crippen LogP contribution in [-0.4, -0.2) is 30.6 Å². The van der Waals surface area contributed by atoms with Gasteiger partial charge in [-0.05, 0) is 12.1 Å². The van der Waals surface area contributed by atoms with Gasteiger partial charge in [0.25, 0.3) is 9.05 Å². The topological polar surface area (TPSA) is 109 Å². The molecule has 0 aliphatic heterocycles. The highest BCUT2D eigenvalue weighted by Gasteiger charge is 2.25. The molecule has 0 amide bonds. The van der Waals surface area contributed by atoms with Gasteiger partial charge in [0.15, 0.2) is 0 Å². The molecule has 18 heavy (non-hydrogen) atoms. The molecule has 10 heteroatoms.